The lowest BCUT2D eigenvalue weighted by molar-refractivity contribution is 0.0810. The van der Waals surface area contributed by atoms with Crippen molar-refractivity contribution in [2.24, 2.45) is 0 Å². The number of amides is 2. The molecule has 2 aromatic carbocycles. The van der Waals surface area contributed by atoms with E-state index < -0.39 is 5.60 Å². The molecule has 11 heteroatoms. The van der Waals surface area contributed by atoms with E-state index in [-0.39, 0.29) is 18.1 Å². The molecule has 2 saturated heterocycles. The predicted octanol–water partition coefficient (Wildman–Crippen LogP) is 3.95. The van der Waals surface area contributed by atoms with Crippen LogP contribution in [0.4, 0.5) is 28.1 Å². The second-order valence-corrected chi connectivity index (χ2v) is 11.3. The lowest BCUT2D eigenvalue weighted by Gasteiger charge is -2.36. The fraction of sp³-hybridized carbons (Fsp3) is 0.467. The third-order valence-electron chi connectivity index (χ3n) is 7.11. The van der Waals surface area contributed by atoms with E-state index >= 15 is 0 Å². The highest BCUT2D eigenvalue weighted by Crippen LogP contribution is 2.26. The zero-order valence-electron chi connectivity index (χ0n) is 24.1. The quantitative estimate of drug-likeness (QED) is 0.393. The van der Waals surface area contributed by atoms with Crippen molar-refractivity contribution < 1.29 is 19.4 Å². The monoisotopic (exact) mass is 561 g/mol. The van der Waals surface area contributed by atoms with Crippen LogP contribution in [0.1, 0.15) is 33.3 Å². The molecule has 2 amide bonds. The fourth-order valence-electron chi connectivity index (χ4n) is 4.99. The number of morpholine rings is 2. The van der Waals surface area contributed by atoms with Gasteiger partial charge in [-0.2, -0.15) is 15.0 Å². The van der Waals surface area contributed by atoms with Crippen molar-refractivity contribution in [2.75, 3.05) is 60.0 Å². The first kappa shape index (κ1) is 28.7. The van der Waals surface area contributed by atoms with Crippen molar-refractivity contribution in [2.45, 2.75) is 51.8 Å². The second-order valence-electron chi connectivity index (χ2n) is 11.3. The van der Waals surface area contributed by atoms with Crippen LogP contribution < -0.4 is 20.4 Å². The van der Waals surface area contributed by atoms with Crippen molar-refractivity contribution in [3.63, 3.8) is 0 Å². The molecule has 0 unspecified atom stereocenters. The number of nitrogens with zero attached hydrogens (tertiary/aromatic N) is 5. The number of carbonyl (C=O) groups excluding carboxylic acids is 1. The first-order valence-electron chi connectivity index (χ1n) is 14.1. The Morgan fingerprint density at radius 3 is 1.80 bits per heavy atom. The van der Waals surface area contributed by atoms with Crippen molar-refractivity contribution in [1.29, 1.82) is 0 Å². The Hall–Kier alpha value is -3.80. The van der Waals surface area contributed by atoms with Gasteiger partial charge in [0.05, 0.1) is 44.1 Å². The minimum atomic E-state index is -0.787. The number of hydrogen-bond donors (Lipinski definition) is 3. The summed E-state index contributed by atoms with van der Waals surface area (Å²) in [6.07, 6.45) is 0.535. The molecule has 3 N–H and O–H groups in total. The summed E-state index contributed by atoms with van der Waals surface area (Å²) in [7, 11) is 0. The maximum atomic E-state index is 12.6. The molecule has 41 heavy (non-hydrogen) atoms. The number of nitrogens with one attached hydrogen (secondary N) is 2. The number of aliphatic hydroxyl groups is 1. The number of aromatic nitrogens is 3. The number of benzene rings is 2. The third-order valence-corrected chi connectivity index (χ3v) is 7.11. The molecule has 0 bridgehead atoms. The van der Waals surface area contributed by atoms with Gasteiger partial charge >= 0.3 is 6.03 Å². The van der Waals surface area contributed by atoms with Crippen molar-refractivity contribution >= 4 is 29.3 Å². The molecule has 11 nitrogen and oxygen atoms in total. The summed E-state index contributed by atoms with van der Waals surface area (Å²) in [5.74, 6) is 1.84. The first-order valence-corrected chi connectivity index (χ1v) is 14.1. The molecule has 1 aromatic heterocycles. The largest absolute Gasteiger partial charge is 0.390 e. The predicted molar refractivity (Wildman–Crippen MR) is 160 cm³/mol. The minimum absolute atomic E-state index is 0.150. The summed E-state index contributed by atoms with van der Waals surface area (Å²) in [6.45, 7) is 11.7. The van der Waals surface area contributed by atoms with Gasteiger partial charge in [0.25, 0.3) is 0 Å². The van der Waals surface area contributed by atoms with Crippen molar-refractivity contribution in [3.05, 3.63) is 54.1 Å². The van der Waals surface area contributed by atoms with Gasteiger partial charge < -0.3 is 35.0 Å². The highest BCUT2D eigenvalue weighted by atomic mass is 16.5. The number of anilines is 4. The Labute approximate surface area is 240 Å². The van der Waals surface area contributed by atoms with E-state index in [1.54, 1.807) is 13.8 Å². The molecule has 218 valence electrons. The topological polar surface area (TPSA) is 125 Å². The van der Waals surface area contributed by atoms with Gasteiger partial charge in [0.2, 0.25) is 11.9 Å². The van der Waals surface area contributed by atoms with Crippen LogP contribution in [-0.2, 0) is 15.9 Å². The van der Waals surface area contributed by atoms with Gasteiger partial charge in [0, 0.05) is 36.4 Å². The van der Waals surface area contributed by atoms with Crippen LogP contribution in [0.15, 0.2) is 48.5 Å². The summed E-state index contributed by atoms with van der Waals surface area (Å²) in [5.41, 5.74) is 2.34. The number of carbonyl (C=O) groups is 1. The van der Waals surface area contributed by atoms with E-state index in [0.29, 0.717) is 75.0 Å². The Kier molecular flexibility index (Phi) is 8.67. The average Bonchev–Trinajstić information content (AvgIpc) is 2.94. The molecule has 3 aromatic rings. The van der Waals surface area contributed by atoms with E-state index in [9.17, 15) is 9.90 Å². The number of urea groups is 1. The Bertz CT molecular complexity index is 1290. The summed E-state index contributed by atoms with van der Waals surface area (Å²) in [6, 6.07) is 14.9. The summed E-state index contributed by atoms with van der Waals surface area (Å²) >= 11 is 0. The number of ether oxygens (including phenoxy) is 2. The van der Waals surface area contributed by atoms with Crippen LogP contribution in [0, 0.1) is 0 Å². The van der Waals surface area contributed by atoms with Gasteiger partial charge in [-0.15, -0.1) is 0 Å². The average molecular weight is 562 g/mol. The highest BCUT2D eigenvalue weighted by molar-refractivity contribution is 5.99. The van der Waals surface area contributed by atoms with E-state index in [0.717, 1.165) is 11.1 Å². The van der Waals surface area contributed by atoms with Crippen LogP contribution >= 0.6 is 0 Å². The van der Waals surface area contributed by atoms with Crippen LogP contribution in [0.3, 0.4) is 0 Å². The summed E-state index contributed by atoms with van der Waals surface area (Å²) < 4.78 is 11.3. The maximum absolute atomic E-state index is 12.6. The molecule has 0 spiro atoms. The standard InChI is InChI=1S/C30H39N7O4/c1-20-18-40-15-13-36(20)27-33-26(34-28(35-27)37-14-16-41-19-21(37)2)23-7-11-25(12-8-23)32-29(38)31-24-9-5-22(6-10-24)17-30(3,4)39/h5-12,20-21,39H,13-19H2,1-4H3,(H2,31,32,38)/t20-,21-/m1/s1. The van der Waals surface area contributed by atoms with Crippen molar-refractivity contribution in [1.82, 2.24) is 15.0 Å². The molecule has 2 fully saturated rings. The van der Waals surface area contributed by atoms with E-state index in [1.165, 1.54) is 0 Å². The van der Waals surface area contributed by atoms with E-state index in [4.69, 9.17) is 24.4 Å². The van der Waals surface area contributed by atoms with Gasteiger partial charge in [-0.1, -0.05) is 12.1 Å². The van der Waals surface area contributed by atoms with Gasteiger partial charge in [0.1, 0.15) is 0 Å². The SMILES string of the molecule is C[C@@H]1COCCN1c1nc(-c2ccc(NC(=O)Nc3ccc(CC(C)(C)O)cc3)cc2)nc(N2CCOC[C@H]2C)n1. The minimum Gasteiger partial charge on any atom is -0.390 e. The zero-order valence-corrected chi connectivity index (χ0v) is 24.1. The Morgan fingerprint density at radius 1 is 0.854 bits per heavy atom. The van der Waals surface area contributed by atoms with Gasteiger partial charge in [0.15, 0.2) is 5.82 Å². The maximum Gasteiger partial charge on any atom is 0.323 e. The van der Waals surface area contributed by atoms with Crippen LogP contribution in [0.2, 0.25) is 0 Å². The molecular formula is C30H39N7O4. The Balaban J connectivity index is 1.31. The number of hydrogen-bond acceptors (Lipinski definition) is 9. The third kappa shape index (κ3) is 7.49. The molecular weight excluding hydrogens is 522 g/mol. The van der Waals surface area contributed by atoms with Gasteiger partial charge in [-0.05, 0) is 69.7 Å². The zero-order chi connectivity index (χ0) is 29.0. The fourth-order valence-corrected chi connectivity index (χ4v) is 4.99. The number of rotatable bonds is 7. The normalized spacial score (nSPS) is 19.6. The van der Waals surface area contributed by atoms with Gasteiger partial charge in [-0.25, -0.2) is 4.79 Å². The van der Waals surface area contributed by atoms with Crippen LogP contribution in [0.25, 0.3) is 11.4 Å². The molecule has 2 aliphatic rings. The molecule has 2 aliphatic heterocycles. The Morgan fingerprint density at radius 2 is 1.34 bits per heavy atom. The first-order chi connectivity index (χ1) is 19.6. The summed E-state index contributed by atoms with van der Waals surface area (Å²) in [5, 5.41) is 15.7. The highest BCUT2D eigenvalue weighted by Gasteiger charge is 2.27. The molecule has 0 aliphatic carbocycles. The lowest BCUT2D eigenvalue weighted by atomic mass is 9.99. The molecule has 3 heterocycles. The molecule has 2 atom stereocenters. The summed E-state index contributed by atoms with van der Waals surface area (Å²) in [4.78, 5) is 31.5. The van der Waals surface area contributed by atoms with Gasteiger partial charge in [-0.3, -0.25) is 0 Å². The van der Waals surface area contributed by atoms with Crippen LogP contribution in [0.5, 0.6) is 0 Å². The molecule has 0 radical (unpaired) electrons. The smallest absolute Gasteiger partial charge is 0.323 e. The van der Waals surface area contributed by atoms with E-state index in [2.05, 4.69) is 34.3 Å². The second kappa shape index (κ2) is 12.4. The van der Waals surface area contributed by atoms with E-state index in [1.807, 2.05) is 48.5 Å². The molecule has 0 saturated carbocycles. The molecule has 5 rings (SSSR count). The lowest BCUT2D eigenvalue weighted by Crippen LogP contribution is -2.46. The van der Waals surface area contributed by atoms with Crippen molar-refractivity contribution in [3.8, 4) is 11.4 Å². The van der Waals surface area contributed by atoms with Crippen LogP contribution in [-0.4, -0.2) is 83.3 Å².